The van der Waals surface area contributed by atoms with Crippen molar-refractivity contribution in [2.75, 3.05) is 5.32 Å². The van der Waals surface area contributed by atoms with E-state index in [2.05, 4.69) is 10.6 Å². The Hall–Kier alpha value is -4.37. The number of rotatable bonds is 8. The lowest BCUT2D eigenvalue weighted by Crippen LogP contribution is -2.68. The van der Waals surface area contributed by atoms with Gasteiger partial charge in [-0.15, -0.1) is 10.2 Å². The van der Waals surface area contributed by atoms with Crippen molar-refractivity contribution in [3.05, 3.63) is 167 Å². The minimum Gasteiger partial charge on any atom is -0.321 e. The molecule has 0 fully saturated rings. The summed E-state index contributed by atoms with van der Waals surface area (Å²) in [6.45, 7) is 3.94. The number of nitrogens with one attached hydrogen (secondary N) is 2. The number of benzene rings is 5. The molecular weight excluding hydrogens is 658 g/mol. The normalized spacial score (nSPS) is 11.8. The zero-order valence-corrected chi connectivity index (χ0v) is 27.8. The molecule has 5 aromatic carbocycles. The molecule has 0 heterocycles. The quantitative estimate of drug-likeness (QED) is 0.189. The summed E-state index contributed by atoms with van der Waals surface area (Å²) < 4.78 is 34.2. The van der Waals surface area contributed by atoms with E-state index in [1.165, 1.54) is 0 Å². The Morgan fingerprint density at radius 3 is 1.34 bits per heavy atom. The van der Waals surface area contributed by atoms with E-state index in [1.54, 1.807) is 12.1 Å². The van der Waals surface area contributed by atoms with Crippen LogP contribution in [0.3, 0.4) is 0 Å². The summed E-state index contributed by atoms with van der Waals surface area (Å²) in [5, 5.41) is 8.76. The SMILES string of the molecule is Cc1ccc(NC(=O)/C(NC(=O)c2ccc(C)cc2)=C(\Cl)[P+](c2ccccc2)(c2ccccc2)c2ccccc2)cc1.[O-][Cl+3]([O-])([O-])[O-]. The van der Waals surface area contributed by atoms with Crippen molar-refractivity contribution < 1.29 is 38.5 Å². The van der Waals surface area contributed by atoms with Gasteiger partial charge in [-0.3, -0.25) is 9.59 Å². The van der Waals surface area contributed by atoms with Gasteiger partial charge in [0.15, 0.2) is 13.0 Å². The fourth-order valence-corrected chi connectivity index (χ4v) is 9.77. The molecule has 5 aromatic rings. The molecule has 0 saturated carbocycles. The van der Waals surface area contributed by atoms with Crippen LogP contribution in [0.1, 0.15) is 21.5 Å². The van der Waals surface area contributed by atoms with Crippen LogP contribution >= 0.6 is 18.9 Å². The Morgan fingerprint density at radius 1 is 0.596 bits per heavy atom. The summed E-state index contributed by atoms with van der Waals surface area (Å²) >= 11 is 7.57. The number of hydrogen-bond acceptors (Lipinski definition) is 6. The smallest absolute Gasteiger partial charge is 0.277 e. The van der Waals surface area contributed by atoms with Crippen LogP contribution < -0.4 is 45.2 Å². The van der Waals surface area contributed by atoms with Crippen molar-refractivity contribution in [3.8, 4) is 0 Å². The van der Waals surface area contributed by atoms with Gasteiger partial charge < -0.3 is 10.6 Å². The lowest BCUT2D eigenvalue weighted by atomic mass is 10.1. The Balaban J connectivity index is 0.000000930. The molecule has 0 spiro atoms. The molecule has 0 atom stereocenters. The third-order valence-electron chi connectivity index (χ3n) is 7.02. The van der Waals surface area contributed by atoms with E-state index in [0.717, 1.165) is 27.0 Å². The van der Waals surface area contributed by atoms with Gasteiger partial charge >= 0.3 is 0 Å². The highest BCUT2D eigenvalue weighted by Crippen LogP contribution is 2.64. The largest absolute Gasteiger partial charge is 0.321 e. The predicted octanol–water partition coefficient (Wildman–Crippen LogP) is 2.32. The highest BCUT2D eigenvalue weighted by molar-refractivity contribution is 8.00. The van der Waals surface area contributed by atoms with Crippen LogP contribution in [0.2, 0.25) is 0 Å². The number of halogens is 2. The lowest BCUT2D eigenvalue weighted by molar-refractivity contribution is -2.00. The fourth-order valence-electron chi connectivity index (χ4n) is 4.83. The van der Waals surface area contributed by atoms with Gasteiger partial charge in [0, 0.05) is 11.3 Å². The molecule has 5 rings (SSSR count). The first-order valence-corrected chi connectivity index (χ1v) is 17.6. The van der Waals surface area contributed by atoms with E-state index >= 15 is 0 Å². The molecule has 2 N–H and O–H groups in total. The van der Waals surface area contributed by atoms with Gasteiger partial charge in [0.25, 0.3) is 11.8 Å². The number of hydrogen-bond donors (Lipinski definition) is 2. The predicted molar refractivity (Wildman–Crippen MR) is 176 cm³/mol. The molecule has 8 nitrogen and oxygen atoms in total. The molecule has 0 bridgehead atoms. The van der Waals surface area contributed by atoms with Crippen LogP contribution in [0.15, 0.2) is 150 Å². The molecule has 0 aromatic heterocycles. The van der Waals surface area contributed by atoms with E-state index < -0.39 is 29.3 Å². The molecule has 0 unspecified atom stereocenters. The van der Waals surface area contributed by atoms with Gasteiger partial charge in [0.1, 0.15) is 15.9 Å². The minimum absolute atomic E-state index is 0.00714. The molecule has 0 aliphatic heterocycles. The summed E-state index contributed by atoms with van der Waals surface area (Å²) in [6, 6.07) is 44.6. The van der Waals surface area contributed by atoms with Crippen molar-refractivity contribution in [2.24, 2.45) is 0 Å². The lowest BCUT2D eigenvalue weighted by Gasteiger charge is -2.28. The Kier molecular flexibility index (Phi) is 12.0. The van der Waals surface area contributed by atoms with Crippen molar-refractivity contribution in [3.63, 3.8) is 0 Å². The Bertz CT molecular complexity index is 1710. The Morgan fingerprint density at radius 2 is 0.957 bits per heavy atom. The maximum absolute atomic E-state index is 14.2. The monoisotopic (exact) mass is 688 g/mol. The third-order valence-corrected chi connectivity index (χ3v) is 12.0. The van der Waals surface area contributed by atoms with Crippen molar-refractivity contribution >= 4 is 52.3 Å². The van der Waals surface area contributed by atoms with Gasteiger partial charge in [-0.2, -0.15) is 0 Å². The number of anilines is 1. The number of aryl methyl sites for hydroxylation is 2. The fraction of sp³-hybridized carbons (Fsp3) is 0.0556. The van der Waals surface area contributed by atoms with E-state index in [0.29, 0.717) is 11.3 Å². The molecule has 0 aliphatic rings. The van der Waals surface area contributed by atoms with Gasteiger partial charge in [0.2, 0.25) is 4.77 Å². The summed E-state index contributed by atoms with van der Waals surface area (Å²) in [4.78, 5) is 27.8. The maximum Gasteiger partial charge on any atom is 0.277 e. The maximum atomic E-state index is 14.2. The second-order valence-electron chi connectivity index (χ2n) is 10.4. The van der Waals surface area contributed by atoms with Crippen LogP contribution in [-0.4, -0.2) is 11.8 Å². The highest BCUT2D eigenvalue weighted by atomic mass is 35.7. The van der Waals surface area contributed by atoms with E-state index in [1.807, 2.05) is 141 Å². The van der Waals surface area contributed by atoms with Crippen molar-refractivity contribution in [1.29, 1.82) is 0 Å². The Labute approximate surface area is 281 Å². The third kappa shape index (κ3) is 9.35. The van der Waals surface area contributed by atoms with Crippen LogP contribution in [0, 0.1) is 24.1 Å². The summed E-state index contributed by atoms with van der Waals surface area (Å²) in [7, 11) is -7.80. The average molecular weight is 690 g/mol. The molecule has 0 radical (unpaired) electrons. The number of amides is 2. The van der Waals surface area contributed by atoms with Gasteiger partial charge in [-0.1, -0.05) is 90.0 Å². The van der Waals surface area contributed by atoms with Gasteiger partial charge in [-0.05, 0) is 86.1 Å². The van der Waals surface area contributed by atoms with E-state index in [4.69, 9.17) is 30.2 Å². The molecule has 2 amide bonds. The second kappa shape index (κ2) is 16.0. The van der Waals surface area contributed by atoms with Crippen LogP contribution in [0.5, 0.6) is 0 Å². The minimum atomic E-state index is -4.94. The standard InChI is InChI=1S/C36H30ClN2O2P.ClHO4/c1-26-18-22-28(23-19-26)35(40)39-33(36(41)38-29-24-20-27(2)21-25-29)34(37)42(30-12-6-3-7-13-30,31-14-8-4-9-15-31)32-16-10-5-11-17-32;2-1(3,4)5/h3-25H,1-2H3,(H-,38,39,40,41);(H,2,3,4,5)/b34-33-;. The topological polar surface area (TPSA) is 150 Å². The summed E-state index contributed by atoms with van der Waals surface area (Å²) in [5.41, 5.74) is 3.12. The van der Waals surface area contributed by atoms with Crippen LogP contribution in [0.25, 0.3) is 0 Å². The van der Waals surface area contributed by atoms with E-state index in [9.17, 15) is 9.59 Å². The molecular formula is C36H31Cl2N2O6P. The number of carbonyl (C=O) groups excluding carboxylic acids is 2. The van der Waals surface area contributed by atoms with Crippen LogP contribution in [0.4, 0.5) is 5.69 Å². The van der Waals surface area contributed by atoms with Crippen molar-refractivity contribution in [1.82, 2.24) is 5.32 Å². The average Bonchev–Trinajstić information content (AvgIpc) is 3.06. The van der Waals surface area contributed by atoms with Gasteiger partial charge in [-0.25, -0.2) is 18.6 Å². The molecule has 0 aliphatic carbocycles. The zero-order chi connectivity index (χ0) is 34.0. The number of carbonyl (C=O) groups is 2. The molecule has 11 heteroatoms. The first kappa shape index (κ1) is 35.5. The second-order valence-corrected chi connectivity index (χ2v) is 15.1. The molecule has 0 saturated heterocycles. The van der Waals surface area contributed by atoms with Crippen LogP contribution in [-0.2, 0) is 4.79 Å². The van der Waals surface area contributed by atoms with Crippen molar-refractivity contribution in [2.45, 2.75) is 13.8 Å². The summed E-state index contributed by atoms with van der Waals surface area (Å²) in [6.07, 6.45) is 0. The zero-order valence-electron chi connectivity index (χ0n) is 25.4. The molecule has 240 valence electrons. The van der Waals surface area contributed by atoms with Gasteiger partial charge in [0.05, 0.1) is 0 Å². The first-order valence-electron chi connectivity index (χ1n) is 14.2. The highest BCUT2D eigenvalue weighted by Gasteiger charge is 2.52. The van der Waals surface area contributed by atoms with E-state index in [-0.39, 0.29) is 10.5 Å². The molecule has 47 heavy (non-hydrogen) atoms. The summed E-state index contributed by atoms with van der Waals surface area (Å²) in [5.74, 6) is -0.925. The first-order chi connectivity index (χ1) is 22.4.